The summed E-state index contributed by atoms with van der Waals surface area (Å²) in [7, 11) is 0. The molecule has 5 nitrogen and oxygen atoms in total. The first-order valence-electron chi connectivity index (χ1n) is 6.79. The van der Waals surface area contributed by atoms with Gasteiger partial charge in [-0.1, -0.05) is 34.8 Å². The zero-order chi connectivity index (χ0) is 16.1. The lowest BCUT2D eigenvalue weighted by molar-refractivity contribution is -0.124. The zero-order valence-electron chi connectivity index (χ0n) is 11.6. The van der Waals surface area contributed by atoms with Crippen molar-refractivity contribution in [1.29, 1.82) is 0 Å². The van der Waals surface area contributed by atoms with Crippen molar-refractivity contribution >= 4 is 46.6 Å². The number of rotatable bonds is 7. The van der Waals surface area contributed by atoms with E-state index in [4.69, 9.17) is 39.5 Å². The van der Waals surface area contributed by atoms with E-state index in [0.29, 0.717) is 23.1 Å². The molecule has 0 atom stereocenters. The number of hydrogen-bond acceptors (Lipinski definition) is 3. The number of ether oxygens (including phenoxy) is 1. The molecule has 0 aromatic heterocycles. The van der Waals surface area contributed by atoms with Crippen molar-refractivity contribution in [3.8, 4) is 5.75 Å². The molecular weight excluding hydrogens is 351 g/mol. The Morgan fingerprint density at radius 2 is 1.68 bits per heavy atom. The molecule has 2 N–H and O–H groups in total. The Morgan fingerprint density at radius 1 is 1.05 bits per heavy atom. The van der Waals surface area contributed by atoms with Gasteiger partial charge in [0.2, 0.25) is 5.91 Å². The normalized spacial score (nSPS) is 13.6. The van der Waals surface area contributed by atoms with E-state index in [-0.39, 0.29) is 35.1 Å². The smallest absolute Gasteiger partial charge is 0.258 e. The van der Waals surface area contributed by atoms with E-state index < -0.39 is 0 Å². The molecule has 1 fully saturated rings. The number of benzene rings is 1. The van der Waals surface area contributed by atoms with Gasteiger partial charge in [0.25, 0.3) is 5.91 Å². The summed E-state index contributed by atoms with van der Waals surface area (Å²) in [6, 6.07) is 2.90. The van der Waals surface area contributed by atoms with Crippen LogP contribution < -0.4 is 15.4 Å². The van der Waals surface area contributed by atoms with Crippen LogP contribution in [-0.4, -0.2) is 31.5 Å². The summed E-state index contributed by atoms with van der Waals surface area (Å²) in [5.41, 5.74) is 0. The van der Waals surface area contributed by atoms with Crippen LogP contribution in [0.25, 0.3) is 0 Å². The fourth-order valence-corrected chi connectivity index (χ4v) is 2.28. The molecule has 0 spiro atoms. The second-order valence-electron chi connectivity index (χ2n) is 4.90. The molecule has 22 heavy (non-hydrogen) atoms. The van der Waals surface area contributed by atoms with Gasteiger partial charge in [-0.25, -0.2) is 0 Å². The Morgan fingerprint density at radius 3 is 2.36 bits per heavy atom. The second-order valence-corrected chi connectivity index (χ2v) is 6.12. The highest BCUT2D eigenvalue weighted by atomic mass is 35.5. The van der Waals surface area contributed by atoms with Crippen molar-refractivity contribution in [1.82, 2.24) is 10.6 Å². The van der Waals surface area contributed by atoms with E-state index >= 15 is 0 Å². The number of carbonyl (C=O) groups is 2. The average Bonchev–Trinajstić information content (AvgIpc) is 3.30. The minimum Gasteiger partial charge on any atom is -0.482 e. The fourth-order valence-electron chi connectivity index (χ4n) is 1.69. The lowest BCUT2D eigenvalue weighted by Crippen LogP contribution is -2.37. The van der Waals surface area contributed by atoms with Crippen molar-refractivity contribution in [3.63, 3.8) is 0 Å². The molecule has 0 unspecified atom stereocenters. The van der Waals surface area contributed by atoms with Crippen LogP contribution in [0.1, 0.15) is 12.8 Å². The molecule has 0 radical (unpaired) electrons. The highest BCUT2D eigenvalue weighted by molar-refractivity contribution is 6.43. The van der Waals surface area contributed by atoms with Gasteiger partial charge in [-0.2, -0.15) is 0 Å². The Labute approximate surface area is 143 Å². The van der Waals surface area contributed by atoms with Gasteiger partial charge in [-0.3, -0.25) is 9.59 Å². The third kappa shape index (κ3) is 5.23. The topological polar surface area (TPSA) is 67.4 Å². The largest absolute Gasteiger partial charge is 0.482 e. The average molecular weight is 366 g/mol. The molecule has 0 heterocycles. The third-order valence-electron chi connectivity index (χ3n) is 3.03. The summed E-state index contributed by atoms with van der Waals surface area (Å²) in [5, 5.41) is 6.27. The monoisotopic (exact) mass is 364 g/mol. The maximum absolute atomic E-state index is 11.6. The van der Waals surface area contributed by atoms with Gasteiger partial charge in [0.15, 0.2) is 6.61 Å². The van der Waals surface area contributed by atoms with Crippen LogP contribution in [0.2, 0.25) is 15.1 Å². The molecule has 1 aliphatic carbocycles. The van der Waals surface area contributed by atoms with Crippen LogP contribution in [0.5, 0.6) is 5.75 Å². The molecule has 2 amide bonds. The van der Waals surface area contributed by atoms with Gasteiger partial charge in [0.05, 0.1) is 15.1 Å². The number of amides is 2. The Hall–Kier alpha value is -1.17. The summed E-state index contributed by atoms with van der Waals surface area (Å²) >= 11 is 17.6. The number of halogens is 3. The molecule has 8 heteroatoms. The van der Waals surface area contributed by atoms with E-state index in [1.807, 2.05) is 0 Å². The molecular formula is C14H15Cl3N2O3. The van der Waals surface area contributed by atoms with Crippen molar-refractivity contribution in [2.75, 3.05) is 19.7 Å². The fraction of sp³-hybridized carbons (Fsp3) is 0.429. The quantitative estimate of drug-likeness (QED) is 0.576. The molecule has 0 bridgehead atoms. The SMILES string of the molecule is O=C(COc1cc(Cl)c(Cl)cc1Cl)NCCNC(=O)C1CC1. The van der Waals surface area contributed by atoms with Crippen molar-refractivity contribution in [2.45, 2.75) is 12.8 Å². The first kappa shape index (κ1) is 17.2. The Kier molecular flexibility index (Phi) is 6.17. The second kappa shape index (κ2) is 7.90. The molecule has 1 aromatic rings. The van der Waals surface area contributed by atoms with Gasteiger partial charge in [0, 0.05) is 25.1 Å². The van der Waals surface area contributed by atoms with E-state index in [9.17, 15) is 9.59 Å². The standard InChI is InChI=1S/C14H15Cl3N2O3/c15-9-5-11(17)12(6-10(9)16)22-7-13(20)18-3-4-19-14(21)8-1-2-8/h5-6,8H,1-4,7H2,(H,18,20)(H,19,21). The predicted molar refractivity (Wildman–Crippen MR) is 85.7 cm³/mol. The van der Waals surface area contributed by atoms with Gasteiger partial charge in [-0.15, -0.1) is 0 Å². The van der Waals surface area contributed by atoms with Crippen molar-refractivity contribution in [3.05, 3.63) is 27.2 Å². The molecule has 0 saturated heterocycles. The van der Waals surface area contributed by atoms with Crippen LogP contribution in [0.3, 0.4) is 0 Å². The molecule has 0 aliphatic heterocycles. The van der Waals surface area contributed by atoms with Crippen LogP contribution in [0.15, 0.2) is 12.1 Å². The highest BCUT2D eigenvalue weighted by Gasteiger charge is 2.28. The molecule has 120 valence electrons. The van der Waals surface area contributed by atoms with E-state index in [0.717, 1.165) is 12.8 Å². The minimum atomic E-state index is -0.317. The van der Waals surface area contributed by atoms with Crippen LogP contribution >= 0.6 is 34.8 Å². The highest BCUT2D eigenvalue weighted by Crippen LogP contribution is 2.33. The maximum Gasteiger partial charge on any atom is 0.258 e. The Bertz CT molecular complexity index is 577. The summed E-state index contributed by atoms with van der Waals surface area (Å²) < 4.78 is 5.29. The van der Waals surface area contributed by atoms with Gasteiger partial charge in [0.1, 0.15) is 5.75 Å². The number of nitrogens with one attached hydrogen (secondary N) is 2. The summed E-state index contributed by atoms with van der Waals surface area (Å²) in [6.07, 6.45) is 1.91. The van der Waals surface area contributed by atoms with E-state index in [2.05, 4.69) is 10.6 Å². The van der Waals surface area contributed by atoms with Gasteiger partial charge in [-0.05, 0) is 18.9 Å². The van der Waals surface area contributed by atoms with E-state index in [1.54, 1.807) is 0 Å². The summed E-state index contributed by atoms with van der Waals surface area (Å²) in [5.74, 6) is 0.181. The minimum absolute atomic E-state index is 0.0492. The summed E-state index contributed by atoms with van der Waals surface area (Å²) in [4.78, 5) is 23.0. The van der Waals surface area contributed by atoms with Crippen LogP contribution in [0, 0.1) is 5.92 Å². The van der Waals surface area contributed by atoms with Gasteiger partial charge < -0.3 is 15.4 Å². The van der Waals surface area contributed by atoms with Crippen LogP contribution in [-0.2, 0) is 9.59 Å². The Balaban J connectivity index is 1.66. The number of carbonyl (C=O) groups excluding carboxylic acids is 2. The predicted octanol–water partition coefficient (Wildman–Crippen LogP) is 2.67. The molecule has 1 aliphatic rings. The number of hydrogen-bond donors (Lipinski definition) is 2. The zero-order valence-corrected chi connectivity index (χ0v) is 13.9. The third-order valence-corrected chi connectivity index (χ3v) is 4.05. The lowest BCUT2D eigenvalue weighted by atomic mass is 10.3. The van der Waals surface area contributed by atoms with Crippen molar-refractivity contribution < 1.29 is 14.3 Å². The first-order valence-corrected chi connectivity index (χ1v) is 7.92. The first-order chi connectivity index (χ1) is 10.5. The molecule has 1 saturated carbocycles. The van der Waals surface area contributed by atoms with Crippen LogP contribution in [0.4, 0.5) is 0 Å². The van der Waals surface area contributed by atoms with Crippen molar-refractivity contribution in [2.24, 2.45) is 5.92 Å². The molecule has 2 rings (SSSR count). The summed E-state index contributed by atoms with van der Waals surface area (Å²) in [6.45, 7) is 0.540. The van der Waals surface area contributed by atoms with Gasteiger partial charge >= 0.3 is 0 Å². The molecule has 1 aromatic carbocycles. The lowest BCUT2D eigenvalue weighted by Gasteiger charge is -2.10. The maximum atomic E-state index is 11.6. The van der Waals surface area contributed by atoms with E-state index in [1.165, 1.54) is 12.1 Å².